The number of halogens is 2. The summed E-state index contributed by atoms with van der Waals surface area (Å²) >= 11 is 7.50. The second-order valence-electron chi connectivity index (χ2n) is 5.58. The third-order valence-corrected chi connectivity index (χ3v) is 6.87. The van der Waals surface area contributed by atoms with Crippen molar-refractivity contribution in [1.82, 2.24) is 0 Å². The minimum Gasteiger partial charge on any atom is -0.375 e. The zero-order valence-corrected chi connectivity index (χ0v) is 13.1. The van der Waals surface area contributed by atoms with Gasteiger partial charge in [0.15, 0.2) is 0 Å². The molecule has 2 heterocycles. The first-order chi connectivity index (χ1) is 7.29. The fourth-order valence-electron chi connectivity index (χ4n) is 1.65. The van der Waals surface area contributed by atoms with E-state index in [9.17, 15) is 0 Å². The average Bonchev–Trinajstić information content (AvgIpc) is 2.95. The van der Waals surface area contributed by atoms with Crippen LogP contribution in [0.15, 0.2) is 0 Å². The van der Waals surface area contributed by atoms with Crippen LogP contribution in [0.5, 0.6) is 0 Å². The highest BCUT2D eigenvalue weighted by Crippen LogP contribution is 2.57. The molecule has 3 nitrogen and oxygen atoms in total. The van der Waals surface area contributed by atoms with Crippen LogP contribution in [-0.4, -0.2) is 41.4 Å². The van der Waals surface area contributed by atoms with E-state index in [0.29, 0.717) is 19.3 Å². The van der Waals surface area contributed by atoms with Crippen LogP contribution >= 0.6 is 31.9 Å². The molecule has 0 bridgehead atoms. The van der Waals surface area contributed by atoms with Crippen molar-refractivity contribution in [3.8, 4) is 0 Å². The number of hydrogen-bond acceptors (Lipinski definition) is 3. The highest BCUT2D eigenvalue weighted by molar-refractivity contribution is 9.25. The first kappa shape index (κ1) is 13.3. The van der Waals surface area contributed by atoms with Gasteiger partial charge in [-0.1, -0.05) is 52.6 Å². The van der Waals surface area contributed by atoms with Gasteiger partial charge in [-0.25, -0.2) is 0 Å². The molecule has 0 aromatic rings. The van der Waals surface area contributed by atoms with E-state index in [2.05, 4.69) is 52.6 Å². The Kier molecular flexibility index (Phi) is 3.48. The normalized spacial score (nSPS) is 33.9. The lowest BCUT2D eigenvalue weighted by molar-refractivity contribution is 0.0518. The van der Waals surface area contributed by atoms with Gasteiger partial charge in [-0.3, -0.25) is 0 Å². The minimum atomic E-state index is -0.260. The number of ether oxygens (including phenoxy) is 3. The largest absolute Gasteiger partial charge is 0.375 e. The molecular weight excluding hydrogens is 340 g/mol. The molecule has 5 heteroatoms. The Morgan fingerprint density at radius 3 is 2.31 bits per heavy atom. The maximum absolute atomic E-state index is 5.66. The van der Waals surface area contributed by atoms with Crippen LogP contribution < -0.4 is 0 Å². The molecule has 0 aromatic carbocycles. The third-order valence-electron chi connectivity index (χ3n) is 3.05. The highest BCUT2D eigenvalue weighted by atomic mass is 79.9. The summed E-state index contributed by atoms with van der Waals surface area (Å²) < 4.78 is 16.1. The van der Waals surface area contributed by atoms with Gasteiger partial charge in [0.2, 0.25) is 0 Å². The Morgan fingerprint density at radius 2 is 1.94 bits per heavy atom. The van der Waals surface area contributed by atoms with E-state index in [1.54, 1.807) is 0 Å². The lowest BCUT2D eigenvalue weighted by Crippen LogP contribution is -2.47. The molecule has 2 unspecified atom stereocenters. The summed E-state index contributed by atoms with van der Waals surface area (Å²) in [5.41, 5.74) is -0.205. The predicted molar refractivity (Wildman–Crippen MR) is 69.3 cm³/mol. The Hall–Kier alpha value is 0.840. The molecule has 2 atom stereocenters. The van der Waals surface area contributed by atoms with Gasteiger partial charge in [0, 0.05) is 0 Å². The van der Waals surface area contributed by atoms with Gasteiger partial charge < -0.3 is 14.2 Å². The molecule has 2 aliphatic heterocycles. The molecule has 2 rings (SSSR count). The first-order valence-corrected chi connectivity index (χ1v) is 7.08. The van der Waals surface area contributed by atoms with Gasteiger partial charge in [-0.2, -0.15) is 0 Å². The number of alkyl halides is 2. The third kappa shape index (κ3) is 2.48. The van der Waals surface area contributed by atoms with E-state index >= 15 is 0 Å². The summed E-state index contributed by atoms with van der Waals surface area (Å²) in [5, 5.41) is 0. The lowest BCUT2D eigenvalue weighted by atomic mass is 9.84. The monoisotopic (exact) mass is 356 g/mol. The molecular formula is C11H18Br2O3. The highest BCUT2D eigenvalue weighted by Gasteiger charge is 2.64. The van der Waals surface area contributed by atoms with Crippen molar-refractivity contribution in [2.24, 2.45) is 5.41 Å². The summed E-state index contributed by atoms with van der Waals surface area (Å²) in [6.07, 6.45) is 0.311. The Bertz CT molecular complexity index is 265. The second kappa shape index (κ2) is 4.19. The van der Waals surface area contributed by atoms with Gasteiger partial charge in [0.25, 0.3) is 0 Å². The lowest BCUT2D eigenvalue weighted by Gasteiger charge is -2.39. The zero-order chi connectivity index (χ0) is 12.0. The van der Waals surface area contributed by atoms with Crippen molar-refractivity contribution in [3.63, 3.8) is 0 Å². The molecule has 0 spiro atoms. The van der Waals surface area contributed by atoms with E-state index in [4.69, 9.17) is 14.2 Å². The van der Waals surface area contributed by atoms with Gasteiger partial charge >= 0.3 is 0 Å². The molecule has 0 radical (unpaired) electrons. The summed E-state index contributed by atoms with van der Waals surface area (Å²) in [4.78, 5) is 0. The van der Waals surface area contributed by atoms with Crippen molar-refractivity contribution >= 4 is 31.9 Å². The topological polar surface area (TPSA) is 34.3 Å². The molecule has 2 saturated heterocycles. The molecule has 2 fully saturated rings. The predicted octanol–water partition coefficient (Wildman–Crippen LogP) is 2.70. The Morgan fingerprint density at radius 1 is 1.38 bits per heavy atom. The molecule has 2 aliphatic rings. The second-order valence-corrected chi connectivity index (χ2v) is 9.02. The fraction of sp³-hybridized carbons (Fsp3) is 1.00. The standard InChI is InChI=1S/C11H18Br2O3/c1-9(2,3)11(12,13)10(7-16-10)6-14-4-8-5-15-8/h8H,4-7H2,1-3H3. The Balaban J connectivity index is 1.90. The van der Waals surface area contributed by atoms with Gasteiger partial charge in [0.1, 0.15) is 14.9 Å². The maximum atomic E-state index is 5.66. The van der Waals surface area contributed by atoms with Gasteiger partial charge in [-0.15, -0.1) is 0 Å². The van der Waals surface area contributed by atoms with Crippen LogP contribution in [0.25, 0.3) is 0 Å². The zero-order valence-electron chi connectivity index (χ0n) is 9.89. The molecule has 0 amide bonds. The SMILES string of the molecule is CC(C)(C)C(Br)(Br)C1(COCC2CO2)CO1. The van der Waals surface area contributed by atoms with Crippen LogP contribution in [0, 0.1) is 5.41 Å². The molecule has 94 valence electrons. The fourth-order valence-corrected chi connectivity index (χ4v) is 2.33. The van der Waals surface area contributed by atoms with Crippen LogP contribution in [0.1, 0.15) is 20.8 Å². The van der Waals surface area contributed by atoms with E-state index < -0.39 is 0 Å². The smallest absolute Gasteiger partial charge is 0.140 e. The van der Waals surface area contributed by atoms with Gasteiger partial charge in [0.05, 0.1) is 26.4 Å². The van der Waals surface area contributed by atoms with Crippen molar-refractivity contribution in [3.05, 3.63) is 0 Å². The van der Waals surface area contributed by atoms with Crippen molar-refractivity contribution in [2.45, 2.75) is 35.7 Å². The molecule has 0 N–H and O–H groups in total. The summed E-state index contributed by atoms with van der Waals surface area (Å²) in [7, 11) is 0. The first-order valence-electron chi connectivity index (χ1n) is 5.50. The molecule has 0 aliphatic carbocycles. The summed E-state index contributed by atoms with van der Waals surface area (Å²) in [6, 6.07) is 0. The van der Waals surface area contributed by atoms with Crippen molar-refractivity contribution < 1.29 is 14.2 Å². The average molecular weight is 358 g/mol. The van der Waals surface area contributed by atoms with E-state index in [0.717, 1.165) is 13.2 Å². The summed E-state index contributed by atoms with van der Waals surface area (Å²) in [6.45, 7) is 9.34. The van der Waals surface area contributed by atoms with E-state index in [1.807, 2.05) is 0 Å². The van der Waals surface area contributed by atoms with E-state index in [-0.39, 0.29) is 14.2 Å². The molecule has 0 saturated carbocycles. The molecule has 0 aromatic heterocycles. The van der Waals surface area contributed by atoms with Crippen LogP contribution in [-0.2, 0) is 14.2 Å². The van der Waals surface area contributed by atoms with Crippen molar-refractivity contribution in [1.29, 1.82) is 0 Å². The van der Waals surface area contributed by atoms with Gasteiger partial charge in [-0.05, 0) is 5.41 Å². The number of epoxide rings is 2. The van der Waals surface area contributed by atoms with Crippen LogP contribution in [0.3, 0.4) is 0 Å². The number of hydrogen-bond donors (Lipinski definition) is 0. The minimum absolute atomic E-state index is 0.0446. The quantitative estimate of drug-likeness (QED) is 0.560. The van der Waals surface area contributed by atoms with Crippen LogP contribution in [0.2, 0.25) is 0 Å². The maximum Gasteiger partial charge on any atom is 0.140 e. The molecule has 16 heavy (non-hydrogen) atoms. The summed E-state index contributed by atoms with van der Waals surface area (Å²) in [5.74, 6) is 0. The van der Waals surface area contributed by atoms with E-state index in [1.165, 1.54) is 0 Å². The number of rotatable bonds is 5. The van der Waals surface area contributed by atoms with Crippen molar-refractivity contribution in [2.75, 3.05) is 26.4 Å². The van der Waals surface area contributed by atoms with Crippen LogP contribution in [0.4, 0.5) is 0 Å². The Labute approximate surface area is 113 Å².